The van der Waals surface area contributed by atoms with E-state index in [0.29, 0.717) is 9.56 Å². The quantitative estimate of drug-likeness (QED) is 0.398. The van der Waals surface area contributed by atoms with E-state index in [4.69, 9.17) is 17.3 Å². The molecule has 0 radical (unpaired) electrons. The molecule has 2 heterocycles. The topological polar surface area (TPSA) is 82.5 Å². The van der Waals surface area contributed by atoms with Gasteiger partial charge in [0.2, 0.25) is 0 Å². The number of hydrogen-bond acceptors (Lipinski definition) is 5. The summed E-state index contributed by atoms with van der Waals surface area (Å²) in [6.07, 6.45) is -4.79. The van der Waals surface area contributed by atoms with Gasteiger partial charge in [0.25, 0.3) is 0 Å². The molecule has 0 amide bonds. The zero-order valence-electron chi connectivity index (χ0n) is 10.9. The van der Waals surface area contributed by atoms with Crippen LogP contribution in [-0.2, 0) is 18.1 Å². The molecule has 0 atom stereocenters. The molecule has 0 spiro atoms. The Morgan fingerprint density at radius 1 is 1.55 bits per heavy atom. The van der Waals surface area contributed by atoms with E-state index in [9.17, 15) is 18.0 Å². The van der Waals surface area contributed by atoms with Crippen LogP contribution < -0.4 is 5.73 Å². The van der Waals surface area contributed by atoms with E-state index in [-0.39, 0.29) is 5.84 Å². The lowest BCUT2D eigenvalue weighted by atomic mass is 10.3. The fraction of sp³-hybridized carbons (Fsp3) is 0.182. The van der Waals surface area contributed by atoms with Crippen molar-refractivity contribution in [2.75, 3.05) is 0 Å². The maximum Gasteiger partial charge on any atom is 0.436 e. The van der Waals surface area contributed by atoms with E-state index in [0.717, 1.165) is 7.05 Å². The summed E-state index contributed by atoms with van der Waals surface area (Å²) in [6.45, 7) is 0. The smallest absolute Gasteiger partial charge is 0.380 e. The number of hydrogen-bond donors (Lipinski definition) is 1. The largest absolute Gasteiger partial charge is 0.436 e. The van der Waals surface area contributed by atoms with Crippen LogP contribution >= 0.6 is 22.9 Å². The summed E-state index contributed by atoms with van der Waals surface area (Å²) >= 11 is 6.79. The first-order valence-electron chi connectivity index (χ1n) is 5.60. The number of aryl methyl sites for hydroxylation is 1. The predicted molar refractivity (Wildman–Crippen MR) is 73.7 cm³/mol. The lowest BCUT2D eigenvalue weighted by Gasteiger charge is -2.01. The van der Waals surface area contributed by atoms with Crippen LogP contribution in [0.4, 0.5) is 13.2 Å². The summed E-state index contributed by atoms with van der Waals surface area (Å²) in [7, 11) is 1.13. The molecule has 11 heteroatoms. The second-order valence-electron chi connectivity index (χ2n) is 3.97. The number of oxime groups is 1. The fourth-order valence-corrected chi connectivity index (χ4v) is 2.47. The molecule has 22 heavy (non-hydrogen) atoms. The van der Waals surface area contributed by atoms with E-state index < -0.39 is 28.6 Å². The van der Waals surface area contributed by atoms with E-state index in [1.165, 1.54) is 11.3 Å². The number of thiophene rings is 1. The SMILES string of the molecule is Cn1nc(C(F)(F)F)c(Cl)c1C(=O)O/N=C(\N)c1cccs1. The van der Waals surface area contributed by atoms with Crippen molar-refractivity contribution in [2.24, 2.45) is 17.9 Å². The molecule has 0 fully saturated rings. The third-order valence-corrected chi connectivity index (χ3v) is 3.70. The second-order valence-corrected chi connectivity index (χ2v) is 5.29. The van der Waals surface area contributed by atoms with Gasteiger partial charge in [0, 0.05) is 7.05 Å². The van der Waals surface area contributed by atoms with Crippen LogP contribution in [0, 0.1) is 0 Å². The molecule has 2 N–H and O–H groups in total. The molecule has 118 valence electrons. The average molecular weight is 353 g/mol. The van der Waals surface area contributed by atoms with Gasteiger partial charge < -0.3 is 10.6 Å². The summed E-state index contributed by atoms with van der Waals surface area (Å²) in [5.41, 5.74) is 3.62. The van der Waals surface area contributed by atoms with Crippen molar-refractivity contribution in [1.29, 1.82) is 0 Å². The summed E-state index contributed by atoms with van der Waals surface area (Å²) in [5.74, 6) is -1.28. The Morgan fingerprint density at radius 3 is 2.73 bits per heavy atom. The van der Waals surface area contributed by atoms with Crippen LogP contribution in [0.1, 0.15) is 21.1 Å². The van der Waals surface area contributed by atoms with Crippen LogP contribution in [0.25, 0.3) is 0 Å². The number of carbonyl (C=O) groups is 1. The Balaban J connectivity index is 2.24. The van der Waals surface area contributed by atoms with Crippen molar-refractivity contribution < 1.29 is 22.8 Å². The summed E-state index contributed by atoms with van der Waals surface area (Å²) in [5, 5.41) is 7.40. The number of aromatic nitrogens is 2. The van der Waals surface area contributed by atoms with Crippen LogP contribution in [0.5, 0.6) is 0 Å². The molecule has 0 saturated carbocycles. The van der Waals surface area contributed by atoms with Gasteiger partial charge in [0.1, 0.15) is 5.02 Å². The van der Waals surface area contributed by atoms with Crippen molar-refractivity contribution in [3.05, 3.63) is 38.8 Å². The lowest BCUT2D eigenvalue weighted by molar-refractivity contribution is -0.141. The first-order valence-corrected chi connectivity index (χ1v) is 6.86. The molecule has 0 aliphatic carbocycles. The third kappa shape index (κ3) is 3.22. The van der Waals surface area contributed by atoms with E-state index in [1.54, 1.807) is 17.5 Å². The standard InChI is InChI=1S/C11H8ClF3N4O2S/c1-19-7(6(12)8(17-19)11(13,14)15)10(20)21-18-9(16)5-3-2-4-22-5/h2-4H,1H3,(H2,16,18). The molecule has 0 saturated heterocycles. The Kier molecular flexibility index (Phi) is 4.42. The number of amidine groups is 1. The van der Waals surface area contributed by atoms with E-state index in [1.807, 2.05) is 0 Å². The van der Waals surface area contributed by atoms with Gasteiger partial charge in [-0.1, -0.05) is 22.8 Å². The normalized spacial score (nSPS) is 12.5. The molecule has 2 rings (SSSR count). The number of rotatable bonds is 3. The minimum atomic E-state index is -4.79. The van der Waals surface area contributed by atoms with Crippen LogP contribution in [0.2, 0.25) is 5.02 Å². The van der Waals surface area contributed by atoms with Gasteiger partial charge in [-0.25, -0.2) is 4.79 Å². The van der Waals surface area contributed by atoms with Crippen LogP contribution in [-0.4, -0.2) is 21.6 Å². The van der Waals surface area contributed by atoms with Gasteiger partial charge in [0.05, 0.1) is 4.88 Å². The molecular formula is C11H8ClF3N4O2S. The molecule has 6 nitrogen and oxygen atoms in total. The first kappa shape index (κ1) is 16.3. The minimum absolute atomic E-state index is 0.0855. The third-order valence-electron chi connectivity index (χ3n) is 2.45. The van der Waals surface area contributed by atoms with Crippen molar-refractivity contribution >= 4 is 34.7 Å². The van der Waals surface area contributed by atoms with Gasteiger partial charge in [-0.05, 0) is 11.4 Å². The van der Waals surface area contributed by atoms with Crippen molar-refractivity contribution in [3.63, 3.8) is 0 Å². The number of nitrogens with zero attached hydrogens (tertiary/aromatic N) is 3. The Morgan fingerprint density at radius 2 is 2.23 bits per heavy atom. The zero-order chi connectivity index (χ0) is 16.5. The highest BCUT2D eigenvalue weighted by Crippen LogP contribution is 2.35. The summed E-state index contributed by atoms with van der Waals surface area (Å²) in [6, 6.07) is 3.34. The Hall–Kier alpha value is -2.07. The zero-order valence-corrected chi connectivity index (χ0v) is 12.5. The monoisotopic (exact) mass is 352 g/mol. The van der Waals surface area contributed by atoms with E-state index >= 15 is 0 Å². The van der Waals surface area contributed by atoms with Gasteiger partial charge in [-0.15, -0.1) is 11.3 Å². The van der Waals surface area contributed by atoms with Gasteiger partial charge in [-0.3, -0.25) is 4.68 Å². The molecule has 0 unspecified atom stereocenters. The first-order chi connectivity index (χ1) is 10.2. The van der Waals surface area contributed by atoms with Crippen molar-refractivity contribution in [2.45, 2.75) is 6.18 Å². The molecule has 2 aromatic heterocycles. The molecule has 0 aromatic carbocycles. The fourth-order valence-electron chi connectivity index (χ4n) is 1.50. The summed E-state index contributed by atoms with van der Waals surface area (Å²) < 4.78 is 38.6. The Labute approximate surface area is 130 Å². The Bertz CT molecular complexity index is 725. The molecule has 0 aliphatic rings. The highest BCUT2D eigenvalue weighted by molar-refractivity contribution is 7.12. The molecule has 0 aliphatic heterocycles. The van der Waals surface area contributed by atoms with Crippen molar-refractivity contribution in [1.82, 2.24) is 9.78 Å². The second kappa shape index (κ2) is 5.97. The highest BCUT2D eigenvalue weighted by atomic mass is 35.5. The number of nitrogens with two attached hydrogens (primary N) is 1. The maximum absolute atomic E-state index is 12.6. The minimum Gasteiger partial charge on any atom is -0.380 e. The van der Waals surface area contributed by atoms with Crippen LogP contribution in [0.3, 0.4) is 0 Å². The highest BCUT2D eigenvalue weighted by Gasteiger charge is 2.40. The predicted octanol–water partition coefficient (Wildman–Crippen LogP) is 2.63. The molecule has 2 aromatic rings. The summed E-state index contributed by atoms with van der Waals surface area (Å²) in [4.78, 5) is 16.9. The number of carbonyl (C=O) groups excluding carboxylic acids is 1. The van der Waals surface area contributed by atoms with Crippen molar-refractivity contribution in [3.8, 4) is 0 Å². The lowest BCUT2D eigenvalue weighted by Crippen LogP contribution is -2.15. The van der Waals surface area contributed by atoms with E-state index in [2.05, 4.69) is 15.1 Å². The van der Waals surface area contributed by atoms with Crippen LogP contribution in [0.15, 0.2) is 22.7 Å². The number of alkyl halides is 3. The van der Waals surface area contributed by atoms with Gasteiger partial charge in [-0.2, -0.15) is 18.3 Å². The molecule has 0 bridgehead atoms. The van der Waals surface area contributed by atoms with Gasteiger partial charge >= 0.3 is 12.1 Å². The van der Waals surface area contributed by atoms with Gasteiger partial charge in [0.15, 0.2) is 17.2 Å². The number of halogens is 4. The average Bonchev–Trinajstić information content (AvgIpc) is 3.03. The maximum atomic E-state index is 12.6. The molecular weight excluding hydrogens is 345 g/mol.